The number of aliphatic carboxylic acids is 1. The Morgan fingerprint density at radius 3 is 2.52 bits per heavy atom. The van der Waals surface area contributed by atoms with Crippen LogP contribution in [0.5, 0.6) is 0 Å². The van der Waals surface area contributed by atoms with Crippen LogP contribution in [0.3, 0.4) is 0 Å². The van der Waals surface area contributed by atoms with E-state index in [1.54, 1.807) is 37.4 Å². The maximum atomic E-state index is 12.3. The van der Waals surface area contributed by atoms with Gasteiger partial charge >= 0.3 is 5.97 Å². The summed E-state index contributed by atoms with van der Waals surface area (Å²) in [5.74, 6) is -1.59. The number of nitrogens with zero attached hydrogens (tertiary/aromatic N) is 3. The molecule has 0 radical (unpaired) electrons. The molecule has 1 unspecified atom stereocenters. The van der Waals surface area contributed by atoms with Gasteiger partial charge in [-0.25, -0.2) is 13.4 Å². The van der Waals surface area contributed by atoms with Gasteiger partial charge in [0.25, 0.3) is 0 Å². The van der Waals surface area contributed by atoms with E-state index in [0.717, 1.165) is 0 Å². The predicted octanol–water partition coefficient (Wildman–Crippen LogP) is 0.426. The molecular formula is C13H15N3O4S. The first-order valence-corrected chi connectivity index (χ1v) is 7.93. The van der Waals surface area contributed by atoms with Crippen molar-refractivity contribution in [3.63, 3.8) is 0 Å². The molecule has 2 aromatic rings. The number of aromatic nitrogens is 3. The molecule has 0 aliphatic carbocycles. The topological polar surface area (TPSA) is 102 Å². The maximum Gasteiger partial charge on any atom is 0.322 e. The van der Waals surface area contributed by atoms with E-state index in [9.17, 15) is 18.3 Å². The standard InChI is InChI=1S/C13H15N3O4S/c1-16-12(14-9-15-16)8-21(19,20)11(13(17)18)7-10-5-3-2-4-6-10/h2-6,9,11H,7-8H2,1H3,(H,17,18). The van der Waals surface area contributed by atoms with E-state index in [1.807, 2.05) is 0 Å². The number of benzene rings is 1. The number of hydrogen-bond acceptors (Lipinski definition) is 5. The SMILES string of the molecule is Cn1ncnc1CS(=O)(=O)C(Cc1ccccc1)C(=O)O. The molecule has 112 valence electrons. The summed E-state index contributed by atoms with van der Waals surface area (Å²) in [4.78, 5) is 15.2. The lowest BCUT2D eigenvalue weighted by Gasteiger charge is -2.13. The Balaban J connectivity index is 2.25. The number of sulfone groups is 1. The number of carboxylic acids is 1. The second-order valence-electron chi connectivity index (χ2n) is 4.62. The maximum absolute atomic E-state index is 12.3. The lowest BCUT2D eigenvalue weighted by atomic mass is 10.1. The second-order valence-corrected chi connectivity index (χ2v) is 6.81. The van der Waals surface area contributed by atoms with Gasteiger partial charge in [0.05, 0.1) is 0 Å². The third-order valence-electron chi connectivity index (χ3n) is 3.11. The summed E-state index contributed by atoms with van der Waals surface area (Å²) in [5.41, 5.74) is 0.659. The van der Waals surface area contributed by atoms with E-state index < -0.39 is 26.8 Å². The summed E-state index contributed by atoms with van der Waals surface area (Å²) in [6.45, 7) is 0. The van der Waals surface area contributed by atoms with Crippen LogP contribution in [-0.4, -0.2) is 39.5 Å². The van der Waals surface area contributed by atoms with Crippen LogP contribution < -0.4 is 0 Å². The zero-order valence-electron chi connectivity index (χ0n) is 11.4. The van der Waals surface area contributed by atoms with E-state index in [0.29, 0.717) is 5.56 Å². The Bertz CT molecular complexity index is 725. The Morgan fingerprint density at radius 1 is 1.33 bits per heavy atom. The Labute approximate surface area is 122 Å². The molecule has 1 heterocycles. The highest BCUT2D eigenvalue weighted by Gasteiger charge is 2.33. The van der Waals surface area contributed by atoms with Crippen LogP contribution >= 0.6 is 0 Å². The van der Waals surface area contributed by atoms with Crippen LogP contribution in [-0.2, 0) is 33.9 Å². The van der Waals surface area contributed by atoms with Crippen molar-refractivity contribution in [3.05, 3.63) is 48.0 Å². The molecule has 1 aromatic carbocycles. The molecule has 0 aliphatic heterocycles. The van der Waals surface area contributed by atoms with Crippen molar-refractivity contribution in [1.82, 2.24) is 14.8 Å². The number of hydrogen-bond donors (Lipinski definition) is 1. The molecule has 1 atom stereocenters. The van der Waals surface area contributed by atoms with Crippen LogP contribution in [0, 0.1) is 0 Å². The summed E-state index contributed by atoms with van der Waals surface area (Å²) in [5, 5.41) is 11.5. The van der Waals surface area contributed by atoms with E-state index in [-0.39, 0.29) is 12.2 Å². The van der Waals surface area contributed by atoms with Gasteiger partial charge in [0.1, 0.15) is 17.9 Å². The average molecular weight is 309 g/mol. The van der Waals surface area contributed by atoms with E-state index in [4.69, 9.17) is 0 Å². The van der Waals surface area contributed by atoms with Crippen LogP contribution in [0.15, 0.2) is 36.7 Å². The third-order valence-corrected chi connectivity index (χ3v) is 5.00. The van der Waals surface area contributed by atoms with E-state index in [1.165, 1.54) is 11.0 Å². The minimum Gasteiger partial charge on any atom is -0.480 e. The van der Waals surface area contributed by atoms with Crippen molar-refractivity contribution in [1.29, 1.82) is 0 Å². The molecular weight excluding hydrogens is 294 g/mol. The second kappa shape index (κ2) is 6.04. The van der Waals surface area contributed by atoms with Gasteiger partial charge in [-0.1, -0.05) is 30.3 Å². The van der Waals surface area contributed by atoms with Crippen molar-refractivity contribution < 1.29 is 18.3 Å². The van der Waals surface area contributed by atoms with Gasteiger partial charge in [0, 0.05) is 7.05 Å². The molecule has 7 nitrogen and oxygen atoms in total. The van der Waals surface area contributed by atoms with Crippen LogP contribution in [0.25, 0.3) is 0 Å². The molecule has 8 heteroatoms. The molecule has 0 aliphatic rings. The van der Waals surface area contributed by atoms with Crippen LogP contribution in [0.4, 0.5) is 0 Å². The van der Waals surface area contributed by atoms with Gasteiger partial charge < -0.3 is 5.11 Å². The predicted molar refractivity (Wildman–Crippen MR) is 75.2 cm³/mol. The molecule has 0 saturated carbocycles. The number of rotatable bonds is 6. The van der Waals surface area contributed by atoms with E-state index >= 15 is 0 Å². The average Bonchev–Trinajstić information content (AvgIpc) is 2.81. The zero-order chi connectivity index (χ0) is 15.5. The minimum atomic E-state index is -3.89. The Kier molecular flexibility index (Phi) is 4.37. The number of aryl methyl sites for hydroxylation is 1. The fraction of sp³-hybridized carbons (Fsp3) is 0.308. The highest BCUT2D eigenvalue weighted by molar-refractivity contribution is 7.92. The fourth-order valence-corrected chi connectivity index (χ4v) is 3.50. The van der Waals surface area contributed by atoms with Gasteiger partial charge in [-0.05, 0) is 12.0 Å². The monoisotopic (exact) mass is 309 g/mol. The van der Waals surface area contributed by atoms with Crippen molar-refractivity contribution in [2.24, 2.45) is 7.05 Å². The molecule has 0 spiro atoms. The summed E-state index contributed by atoms with van der Waals surface area (Å²) in [7, 11) is -2.33. The van der Waals surface area contributed by atoms with Gasteiger partial charge in [0.2, 0.25) is 0 Å². The first kappa shape index (κ1) is 15.2. The number of carbonyl (C=O) groups is 1. The van der Waals surface area contributed by atoms with Crippen molar-refractivity contribution in [3.8, 4) is 0 Å². The largest absolute Gasteiger partial charge is 0.480 e. The van der Waals surface area contributed by atoms with E-state index in [2.05, 4.69) is 10.1 Å². The van der Waals surface area contributed by atoms with Gasteiger partial charge in [-0.15, -0.1) is 0 Å². The van der Waals surface area contributed by atoms with Gasteiger partial charge in [-0.2, -0.15) is 5.10 Å². The minimum absolute atomic E-state index is 0.0731. The molecule has 0 fully saturated rings. The third kappa shape index (κ3) is 3.66. The number of carboxylic acid groups (broad SMARTS) is 1. The molecule has 1 N–H and O–H groups in total. The highest BCUT2D eigenvalue weighted by Crippen LogP contribution is 2.15. The van der Waals surface area contributed by atoms with Crippen molar-refractivity contribution >= 4 is 15.8 Å². The zero-order valence-corrected chi connectivity index (χ0v) is 12.2. The van der Waals surface area contributed by atoms with Gasteiger partial charge in [-0.3, -0.25) is 9.48 Å². The lowest BCUT2D eigenvalue weighted by molar-refractivity contribution is -0.136. The molecule has 0 amide bonds. The summed E-state index contributed by atoms with van der Waals surface area (Å²) >= 11 is 0. The fourth-order valence-electron chi connectivity index (χ4n) is 1.93. The molecule has 21 heavy (non-hydrogen) atoms. The lowest BCUT2D eigenvalue weighted by Crippen LogP contribution is -2.34. The molecule has 0 saturated heterocycles. The van der Waals surface area contributed by atoms with Crippen molar-refractivity contribution in [2.75, 3.05) is 0 Å². The molecule has 2 rings (SSSR count). The Morgan fingerprint density at radius 2 is 2.00 bits per heavy atom. The van der Waals surface area contributed by atoms with Crippen LogP contribution in [0.1, 0.15) is 11.4 Å². The quantitative estimate of drug-likeness (QED) is 0.830. The molecule has 0 bridgehead atoms. The smallest absolute Gasteiger partial charge is 0.322 e. The Hall–Kier alpha value is -2.22. The molecule has 1 aromatic heterocycles. The summed E-state index contributed by atoms with van der Waals surface area (Å²) in [6, 6.07) is 8.67. The summed E-state index contributed by atoms with van der Waals surface area (Å²) < 4.78 is 26.0. The van der Waals surface area contributed by atoms with Crippen molar-refractivity contribution in [2.45, 2.75) is 17.4 Å². The normalized spacial score (nSPS) is 13.0. The van der Waals surface area contributed by atoms with Gasteiger partial charge in [0.15, 0.2) is 15.1 Å². The van der Waals surface area contributed by atoms with Crippen LogP contribution in [0.2, 0.25) is 0 Å². The highest BCUT2D eigenvalue weighted by atomic mass is 32.2. The first-order chi connectivity index (χ1) is 9.90. The summed E-state index contributed by atoms with van der Waals surface area (Å²) in [6.07, 6.45) is 1.16. The first-order valence-electron chi connectivity index (χ1n) is 6.21.